The Morgan fingerprint density at radius 1 is 1.67 bits per heavy atom. The summed E-state index contributed by atoms with van der Waals surface area (Å²) in [4.78, 5) is 24.2. The summed E-state index contributed by atoms with van der Waals surface area (Å²) >= 11 is 5.42. The number of halogens is 3. The van der Waals surface area contributed by atoms with Crippen LogP contribution in [0.15, 0.2) is 6.07 Å². The predicted octanol–water partition coefficient (Wildman–Crippen LogP) is 2.76. The molecule has 18 heavy (non-hydrogen) atoms. The number of nitro groups is 1. The highest BCUT2D eigenvalue weighted by molar-refractivity contribution is 6.33. The Kier molecular flexibility index (Phi) is 4.49. The number of pyridine rings is 1. The topological polar surface area (TPSA) is 82.3 Å². The Morgan fingerprint density at radius 2 is 2.28 bits per heavy atom. The van der Waals surface area contributed by atoms with Crippen LogP contribution >= 0.6 is 11.6 Å². The third-order valence-corrected chi connectivity index (χ3v) is 2.24. The molecule has 0 bridgehead atoms. The van der Waals surface area contributed by atoms with Gasteiger partial charge in [0.05, 0.1) is 17.6 Å². The molecular formula is C9H7ClF2N2O4. The van der Waals surface area contributed by atoms with Gasteiger partial charge < -0.3 is 4.74 Å². The minimum Gasteiger partial charge on any atom is -0.461 e. The van der Waals surface area contributed by atoms with E-state index in [0.717, 1.165) is 0 Å². The average Bonchev–Trinajstić information content (AvgIpc) is 2.28. The van der Waals surface area contributed by atoms with Crippen LogP contribution < -0.4 is 0 Å². The highest BCUT2D eigenvalue weighted by Crippen LogP contribution is 2.33. The molecule has 0 radical (unpaired) electrons. The van der Waals surface area contributed by atoms with Gasteiger partial charge in [-0.3, -0.25) is 10.1 Å². The highest BCUT2D eigenvalue weighted by Gasteiger charge is 2.27. The molecule has 0 unspecified atom stereocenters. The Morgan fingerprint density at radius 3 is 2.72 bits per heavy atom. The van der Waals surface area contributed by atoms with E-state index in [1.54, 1.807) is 0 Å². The zero-order chi connectivity index (χ0) is 13.9. The second-order valence-corrected chi connectivity index (χ2v) is 3.38. The van der Waals surface area contributed by atoms with E-state index in [1.165, 1.54) is 6.92 Å². The van der Waals surface area contributed by atoms with Crippen molar-refractivity contribution >= 4 is 23.3 Å². The van der Waals surface area contributed by atoms with Crippen molar-refractivity contribution in [2.75, 3.05) is 6.61 Å². The molecule has 0 aliphatic carbocycles. The van der Waals surface area contributed by atoms with Crippen molar-refractivity contribution < 1.29 is 23.2 Å². The zero-order valence-corrected chi connectivity index (χ0v) is 9.78. The van der Waals surface area contributed by atoms with Gasteiger partial charge in [0.25, 0.3) is 12.1 Å². The van der Waals surface area contributed by atoms with Crippen molar-refractivity contribution in [1.82, 2.24) is 4.98 Å². The first kappa shape index (κ1) is 14.2. The number of carbonyl (C=O) groups is 1. The summed E-state index contributed by atoms with van der Waals surface area (Å²) in [6, 6.07) is 0.701. The summed E-state index contributed by atoms with van der Waals surface area (Å²) in [5.41, 5.74) is -2.41. The third-order valence-electron chi connectivity index (χ3n) is 1.85. The lowest BCUT2D eigenvalue weighted by molar-refractivity contribution is -0.384. The average molecular weight is 281 g/mol. The first-order valence-electron chi connectivity index (χ1n) is 4.68. The normalized spacial score (nSPS) is 10.5. The maximum absolute atomic E-state index is 12.6. The number of aromatic nitrogens is 1. The summed E-state index contributed by atoms with van der Waals surface area (Å²) in [6.45, 7) is 1.48. The molecular weight excluding hydrogens is 274 g/mol. The molecule has 1 rings (SSSR count). The second-order valence-electron chi connectivity index (χ2n) is 3.00. The second kappa shape index (κ2) is 5.67. The lowest BCUT2D eigenvalue weighted by Crippen LogP contribution is -2.10. The molecule has 0 saturated carbocycles. The summed E-state index contributed by atoms with van der Waals surface area (Å²) in [6.07, 6.45) is -3.13. The number of nitrogens with zero attached hydrogens (tertiary/aromatic N) is 2. The van der Waals surface area contributed by atoms with E-state index in [-0.39, 0.29) is 6.61 Å². The number of carbonyl (C=O) groups excluding carboxylic acids is 1. The van der Waals surface area contributed by atoms with E-state index in [4.69, 9.17) is 11.6 Å². The number of esters is 1. The van der Waals surface area contributed by atoms with E-state index < -0.39 is 39.4 Å². The molecule has 1 heterocycles. The molecule has 1 aromatic rings. The summed E-state index contributed by atoms with van der Waals surface area (Å²) < 4.78 is 29.7. The molecule has 6 nitrogen and oxygen atoms in total. The van der Waals surface area contributed by atoms with Crippen LogP contribution in [0.4, 0.5) is 14.5 Å². The molecule has 1 aromatic heterocycles. The van der Waals surface area contributed by atoms with Crippen LogP contribution in [0.2, 0.25) is 5.02 Å². The van der Waals surface area contributed by atoms with Crippen molar-refractivity contribution in [1.29, 1.82) is 0 Å². The maximum Gasteiger partial charge on any atom is 0.357 e. The van der Waals surface area contributed by atoms with Crippen molar-refractivity contribution in [3.8, 4) is 0 Å². The van der Waals surface area contributed by atoms with Crippen LogP contribution in [0.5, 0.6) is 0 Å². The van der Waals surface area contributed by atoms with Crippen LogP contribution in [0.25, 0.3) is 0 Å². The minimum absolute atomic E-state index is 0.0129. The number of rotatable bonds is 4. The predicted molar refractivity (Wildman–Crippen MR) is 56.8 cm³/mol. The standard InChI is InChI=1S/C9H7ClF2N2O4/c1-2-18-9(15)4-3-5(14(16)17)6(10)7(13-4)8(11)12/h3,8H,2H2,1H3. The number of hydrogen-bond acceptors (Lipinski definition) is 5. The van der Waals surface area contributed by atoms with Gasteiger partial charge in [0, 0.05) is 0 Å². The maximum atomic E-state index is 12.6. The lowest BCUT2D eigenvalue weighted by Gasteiger charge is -2.06. The van der Waals surface area contributed by atoms with Gasteiger partial charge in [-0.25, -0.2) is 18.6 Å². The largest absolute Gasteiger partial charge is 0.461 e. The van der Waals surface area contributed by atoms with Crippen molar-refractivity contribution in [2.24, 2.45) is 0 Å². The molecule has 0 fully saturated rings. The van der Waals surface area contributed by atoms with Gasteiger partial charge in [-0.1, -0.05) is 11.6 Å². The fourth-order valence-electron chi connectivity index (χ4n) is 1.12. The molecule has 0 aliphatic heterocycles. The van der Waals surface area contributed by atoms with E-state index in [0.29, 0.717) is 6.07 Å². The fourth-order valence-corrected chi connectivity index (χ4v) is 1.37. The van der Waals surface area contributed by atoms with E-state index in [1.807, 2.05) is 0 Å². The zero-order valence-electron chi connectivity index (χ0n) is 9.02. The Hall–Kier alpha value is -1.83. The van der Waals surface area contributed by atoms with Gasteiger partial charge in [-0.05, 0) is 6.92 Å². The van der Waals surface area contributed by atoms with Crippen LogP contribution in [0.1, 0.15) is 29.5 Å². The monoisotopic (exact) mass is 280 g/mol. The summed E-state index contributed by atoms with van der Waals surface area (Å²) in [5, 5.41) is 9.84. The quantitative estimate of drug-likeness (QED) is 0.481. The Labute approximate surface area is 105 Å². The lowest BCUT2D eigenvalue weighted by atomic mass is 10.2. The number of hydrogen-bond donors (Lipinski definition) is 0. The molecule has 0 saturated heterocycles. The molecule has 0 N–H and O–H groups in total. The van der Waals surface area contributed by atoms with E-state index >= 15 is 0 Å². The van der Waals surface area contributed by atoms with Crippen molar-refractivity contribution in [2.45, 2.75) is 13.3 Å². The Balaban J connectivity index is 3.38. The summed E-state index contributed by atoms with van der Waals surface area (Å²) in [7, 11) is 0. The number of ether oxygens (including phenoxy) is 1. The Bertz CT molecular complexity index is 496. The van der Waals surface area contributed by atoms with Gasteiger partial charge in [0.2, 0.25) is 0 Å². The van der Waals surface area contributed by atoms with Crippen LogP contribution in [-0.4, -0.2) is 22.5 Å². The fraction of sp³-hybridized carbons (Fsp3) is 0.333. The molecule has 0 spiro atoms. The SMILES string of the molecule is CCOC(=O)c1cc([N+](=O)[O-])c(Cl)c(C(F)F)n1. The first-order chi connectivity index (χ1) is 8.38. The van der Waals surface area contributed by atoms with Crippen LogP contribution in [0.3, 0.4) is 0 Å². The van der Waals surface area contributed by atoms with Crippen molar-refractivity contribution in [3.63, 3.8) is 0 Å². The van der Waals surface area contributed by atoms with Gasteiger partial charge >= 0.3 is 5.97 Å². The van der Waals surface area contributed by atoms with E-state index in [2.05, 4.69) is 9.72 Å². The van der Waals surface area contributed by atoms with Crippen LogP contribution in [0, 0.1) is 10.1 Å². The molecule has 0 atom stereocenters. The summed E-state index contributed by atoms with van der Waals surface area (Å²) in [5.74, 6) is -1.03. The van der Waals surface area contributed by atoms with Gasteiger partial charge in [0.15, 0.2) is 5.69 Å². The minimum atomic E-state index is -3.13. The van der Waals surface area contributed by atoms with Crippen molar-refractivity contribution in [3.05, 3.63) is 32.6 Å². The third kappa shape index (κ3) is 2.89. The smallest absolute Gasteiger partial charge is 0.357 e. The van der Waals surface area contributed by atoms with E-state index in [9.17, 15) is 23.7 Å². The highest BCUT2D eigenvalue weighted by atomic mass is 35.5. The molecule has 98 valence electrons. The molecule has 0 aliphatic rings. The van der Waals surface area contributed by atoms with Crippen LogP contribution in [-0.2, 0) is 4.74 Å². The van der Waals surface area contributed by atoms with Gasteiger partial charge in [0.1, 0.15) is 10.7 Å². The molecule has 0 aromatic carbocycles. The number of alkyl halides is 2. The van der Waals surface area contributed by atoms with Gasteiger partial charge in [-0.15, -0.1) is 0 Å². The molecule has 0 amide bonds. The van der Waals surface area contributed by atoms with Gasteiger partial charge in [-0.2, -0.15) is 0 Å². The first-order valence-corrected chi connectivity index (χ1v) is 5.06. The molecule has 9 heteroatoms.